The molecule has 6 atom stereocenters. The summed E-state index contributed by atoms with van der Waals surface area (Å²) < 4.78 is 0. The maximum atomic E-state index is 13.6. The highest BCUT2D eigenvalue weighted by Gasteiger charge is 2.50. The van der Waals surface area contributed by atoms with E-state index in [1.165, 1.54) is 24.2 Å². The van der Waals surface area contributed by atoms with E-state index >= 15 is 0 Å². The van der Waals surface area contributed by atoms with Gasteiger partial charge in [0.25, 0.3) is 0 Å². The number of amides is 3. The number of carbonyl (C=O) groups excluding carboxylic acids is 2. The summed E-state index contributed by atoms with van der Waals surface area (Å²) in [6, 6.07) is -0.611. The first-order valence-corrected chi connectivity index (χ1v) is 11.5. The molecular weight excluding hydrogens is 370 g/mol. The monoisotopic (exact) mass is 405 g/mol. The molecule has 2 saturated carbocycles. The number of carbonyl (C=O) groups is 3. The number of hydrogen-bond donors (Lipinski definition) is 2. The third-order valence-corrected chi connectivity index (χ3v) is 8.27. The SMILES string of the molecule is NC(=O)C(C(=O)N1CCC2CCCCC2C1)C1C2CCCCC2CCN1C(=O)O. The summed E-state index contributed by atoms with van der Waals surface area (Å²) in [6.07, 6.45) is 9.74. The van der Waals surface area contributed by atoms with E-state index in [-0.39, 0.29) is 11.8 Å². The number of rotatable bonds is 3. The standard InChI is InChI=1S/C22H35N3O4/c23-20(26)18(21(27)24-11-9-14-5-1-2-7-16(14)13-24)19-17-8-4-3-6-15(17)10-12-25(19)22(28)29/h14-19H,1-13H2,(H2,23,26)(H,28,29). The quantitative estimate of drug-likeness (QED) is 0.705. The topological polar surface area (TPSA) is 104 Å². The Bertz CT molecular complexity index is 654. The van der Waals surface area contributed by atoms with Gasteiger partial charge in [-0.3, -0.25) is 9.59 Å². The molecule has 162 valence electrons. The lowest BCUT2D eigenvalue weighted by molar-refractivity contribution is -0.149. The maximum Gasteiger partial charge on any atom is 0.407 e. The van der Waals surface area contributed by atoms with Crippen molar-refractivity contribution in [3.63, 3.8) is 0 Å². The van der Waals surface area contributed by atoms with Gasteiger partial charge in [0, 0.05) is 19.6 Å². The van der Waals surface area contributed by atoms with Crippen molar-refractivity contribution in [1.29, 1.82) is 0 Å². The fourth-order valence-corrected chi connectivity index (χ4v) is 6.81. The number of likely N-dealkylation sites (tertiary alicyclic amines) is 2. The van der Waals surface area contributed by atoms with Gasteiger partial charge in [-0.15, -0.1) is 0 Å². The smallest absolute Gasteiger partial charge is 0.407 e. The lowest BCUT2D eigenvalue weighted by Gasteiger charge is -2.49. The molecule has 0 radical (unpaired) electrons. The molecule has 7 heteroatoms. The summed E-state index contributed by atoms with van der Waals surface area (Å²) in [5.74, 6) is -0.304. The van der Waals surface area contributed by atoms with Crippen LogP contribution in [0.5, 0.6) is 0 Å². The lowest BCUT2D eigenvalue weighted by atomic mass is 9.67. The first kappa shape index (κ1) is 20.5. The van der Waals surface area contributed by atoms with Gasteiger partial charge in [-0.25, -0.2) is 4.79 Å². The second-order valence-corrected chi connectivity index (χ2v) is 9.72. The summed E-state index contributed by atoms with van der Waals surface area (Å²) in [7, 11) is 0. The Labute approximate surface area is 173 Å². The van der Waals surface area contributed by atoms with Crippen LogP contribution >= 0.6 is 0 Å². The molecule has 2 heterocycles. The Morgan fingerprint density at radius 2 is 1.45 bits per heavy atom. The van der Waals surface area contributed by atoms with E-state index in [1.807, 2.05) is 4.90 Å². The van der Waals surface area contributed by atoms with Crippen molar-refractivity contribution < 1.29 is 19.5 Å². The third-order valence-electron chi connectivity index (χ3n) is 8.27. The second-order valence-electron chi connectivity index (χ2n) is 9.72. The predicted molar refractivity (Wildman–Crippen MR) is 108 cm³/mol. The first-order chi connectivity index (χ1) is 14.0. The Hall–Kier alpha value is -1.79. The molecule has 2 aliphatic carbocycles. The highest BCUT2D eigenvalue weighted by Crippen LogP contribution is 2.43. The normalized spacial score (nSPS) is 35.9. The van der Waals surface area contributed by atoms with Crippen LogP contribution in [0.4, 0.5) is 4.79 Å². The van der Waals surface area contributed by atoms with Gasteiger partial charge in [-0.1, -0.05) is 38.5 Å². The molecule has 0 aromatic carbocycles. The predicted octanol–water partition coefficient (Wildman–Crippen LogP) is 2.69. The summed E-state index contributed by atoms with van der Waals surface area (Å²) >= 11 is 0. The van der Waals surface area contributed by atoms with Gasteiger partial charge >= 0.3 is 6.09 Å². The van der Waals surface area contributed by atoms with Crippen LogP contribution in [0.2, 0.25) is 0 Å². The van der Waals surface area contributed by atoms with E-state index in [9.17, 15) is 19.5 Å². The molecule has 3 amide bonds. The average Bonchev–Trinajstić information content (AvgIpc) is 2.73. The van der Waals surface area contributed by atoms with Crippen LogP contribution in [-0.4, -0.2) is 58.5 Å². The van der Waals surface area contributed by atoms with E-state index in [0.717, 1.165) is 44.9 Å². The number of primary amides is 1. The van der Waals surface area contributed by atoms with Crippen molar-refractivity contribution >= 4 is 17.9 Å². The fourth-order valence-electron chi connectivity index (χ4n) is 6.81. The van der Waals surface area contributed by atoms with Crippen LogP contribution in [-0.2, 0) is 9.59 Å². The molecule has 0 aromatic heterocycles. The Kier molecular flexibility index (Phi) is 6.02. The minimum Gasteiger partial charge on any atom is -0.465 e. The van der Waals surface area contributed by atoms with Crippen molar-refractivity contribution in [3.05, 3.63) is 0 Å². The Morgan fingerprint density at radius 1 is 0.828 bits per heavy atom. The zero-order chi connectivity index (χ0) is 20.5. The minimum atomic E-state index is -1.06. The third kappa shape index (κ3) is 3.97. The minimum absolute atomic E-state index is 0.0577. The number of piperidine rings is 2. The average molecular weight is 406 g/mol. The fraction of sp³-hybridized carbons (Fsp3) is 0.864. The molecule has 4 aliphatic rings. The molecule has 2 saturated heterocycles. The molecule has 29 heavy (non-hydrogen) atoms. The molecule has 2 aliphatic heterocycles. The van der Waals surface area contributed by atoms with Crippen LogP contribution in [0.15, 0.2) is 0 Å². The summed E-state index contributed by atoms with van der Waals surface area (Å²) in [5, 5.41) is 9.82. The zero-order valence-electron chi connectivity index (χ0n) is 17.3. The van der Waals surface area contributed by atoms with Gasteiger partial charge in [0.15, 0.2) is 0 Å². The number of carboxylic acid groups (broad SMARTS) is 1. The van der Waals surface area contributed by atoms with Gasteiger partial charge < -0.3 is 20.6 Å². The molecule has 4 fully saturated rings. The van der Waals surface area contributed by atoms with E-state index in [2.05, 4.69) is 0 Å². The molecule has 6 unspecified atom stereocenters. The van der Waals surface area contributed by atoms with E-state index < -0.39 is 24.0 Å². The number of hydrogen-bond acceptors (Lipinski definition) is 3. The molecule has 0 aromatic rings. The van der Waals surface area contributed by atoms with Crippen LogP contribution in [0, 0.1) is 29.6 Å². The lowest BCUT2D eigenvalue weighted by Crippen LogP contribution is -2.62. The van der Waals surface area contributed by atoms with Crippen molar-refractivity contribution in [3.8, 4) is 0 Å². The van der Waals surface area contributed by atoms with Gasteiger partial charge in [0.05, 0.1) is 6.04 Å². The molecule has 0 spiro atoms. The van der Waals surface area contributed by atoms with Crippen molar-refractivity contribution in [2.75, 3.05) is 19.6 Å². The molecule has 3 N–H and O–H groups in total. The van der Waals surface area contributed by atoms with Gasteiger partial charge in [-0.05, 0) is 49.4 Å². The Balaban J connectivity index is 1.58. The number of nitrogens with zero attached hydrogens (tertiary/aromatic N) is 2. The van der Waals surface area contributed by atoms with Crippen molar-refractivity contribution in [2.45, 2.75) is 70.3 Å². The molecular formula is C22H35N3O4. The van der Waals surface area contributed by atoms with Crippen molar-refractivity contribution in [1.82, 2.24) is 9.80 Å². The number of nitrogens with two attached hydrogens (primary N) is 1. The van der Waals surface area contributed by atoms with Gasteiger partial charge in [0.2, 0.25) is 11.8 Å². The molecule has 4 rings (SSSR count). The summed E-state index contributed by atoms with van der Waals surface area (Å²) in [6.45, 7) is 1.75. The maximum absolute atomic E-state index is 13.6. The highest BCUT2D eigenvalue weighted by molar-refractivity contribution is 6.00. The van der Waals surface area contributed by atoms with E-state index in [4.69, 9.17) is 5.73 Å². The second kappa shape index (κ2) is 8.52. The number of fused-ring (bicyclic) bond motifs is 2. The van der Waals surface area contributed by atoms with Crippen LogP contribution < -0.4 is 5.73 Å². The van der Waals surface area contributed by atoms with Crippen LogP contribution in [0.25, 0.3) is 0 Å². The van der Waals surface area contributed by atoms with Crippen LogP contribution in [0.3, 0.4) is 0 Å². The van der Waals surface area contributed by atoms with E-state index in [0.29, 0.717) is 37.4 Å². The van der Waals surface area contributed by atoms with Crippen molar-refractivity contribution in [2.24, 2.45) is 35.3 Å². The summed E-state index contributed by atoms with van der Waals surface area (Å²) in [4.78, 5) is 41.3. The largest absolute Gasteiger partial charge is 0.465 e. The zero-order valence-corrected chi connectivity index (χ0v) is 17.3. The van der Waals surface area contributed by atoms with Gasteiger partial charge in [0.1, 0.15) is 5.92 Å². The first-order valence-electron chi connectivity index (χ1n) is 11.5. The molecule has 0 bridgehead atoms. The van der Waals surface area contributed by atoms with E-state index in [1.54, 1.807) is 0 Å². The summed E-state index contributed by atoms with van der Waals surface area (Å²) in [5.41, 5.74) is 5.79. The molecule has 7 nitrogen and oxygen atoms in total. The Morgan fingerprint density at radius 3 is 2.14 bits per heavy atom. The highest BCUT2D eigenvalue weighted by atomic mass is 16.4. The van der Waals surface area contributed by atoms with Crippen LogP contribution in [0.1, 0.15) is 64.2 Å². The van der Waals surface area contributed by atoms with Gasteiger partial charge in [-0.2, -0.15) is 0 Å².